The standard InChI is InChI=1S/C27H33N5O4/c1-31(27(33)36-24-12-7-10-22(20-24)34-2)25-13-14-28-26(30-25)29-21-9-6-11-23(19-21)35-18-8-17-32-15-4-3-5-16-32/h6-7,9-14,19-20H,3-5,8,15-18H2,1-2H3,(H,28,29,30). The normalized spacial score (nSPS) is 13.6. The second-order valence-electron chi connectivity index (χ2n) is 8.60. The van der Waals surface area contributed by atoms with Crippen LogP contribution in [-0.2, 0) is 0 Å². The Morgan fingerprint density at radius 1 is 1.03 bits per heavy atom. The van der Waals surface area contributed by atoms with E-state index < -0.39 is 6.09 Å². The lowest BCUT2D eigenvalue weighted by Gasteiger charge is -2.26. The second-order valence-corrected chi connectivity index (χ2v) is 8.60. The van der Waals surface area contributed by atoms with Gasteiger partial charge in [-0.25, -0.2) is 9.78 Å². The van der Waals surface area contributed by atoms with Crippen LogP contribution < -0.4 is 24.4 Å². The van der Waals surface area contributed by atoms with E-state index in [-0.39, 0.29) is 0 Å². The fourth-order valence-electron chi connectivity index (χ4n) is 3.98. The topological polar surface area (TPSA) is 89.0 Å². The molecule has 1 aliphatic rings. The summed E-state index contributed by atoms with van der Waals surface area (Å²) in [5, 5.41) is 3.18. The summed E-state index contributed by atoms with van der Waals surface area (Å²) in [4.78, 5) is 25.2. The second kappa shape index (κ2) is 12.7. The molecule has 0 atom stereocenters. The van der Waals surface area contributed by atoms with Gasteiger partial charge in [0.05, 0.1) is 13.7 Å². The molecular weight excluding hydrogens is 458 g/mol. The van der Waals surface area contributed by atoms with Crippen LogP contribution in [0.4, 0.5) is 22.2 Å². The van der Waals surface area contributed by atoms with Gasteiger partial charge in [0.2, 0.25) is 5.95 Å². The fourth-order valence-corrected chi connectivity index (χ4v) is 3.98. The van der Waals surface area contributed by atoms with Crippen molar-refractivity contribution in [1.29, 1.82) is 0 Å². The van der Waals surface area contributed by atoms with Crippen LogP contribution in [0.15, 0.2) is 60.8 Å². The molecule has 0 radical (unpaired) electrons. The highest BCUT2D eigenvalue weighted by Gasteiger charge is 2.16. The lowest BCUT2D eigenvalue weighted by molar-refractivity contribution is 0.205. The third-order valence-electron chi connectivity index (χ3n) is 5.93. The number of nitrogens with zero attached hydrogens (tertiary/aromatic N) is 4. The van der Waals surface area contributed by atoms with Gasteiger partial charge in [0.1, 0.15) is 23.1 Å². The largest absolute Gasteiger partial charge is 0.497 e. The van der Waals surface area contributed by atoms with E-state index in [0.29, 0.717) is 29.9 Å². The van der Waals surface area contributed by atoms with Crippen molar-refractivity contribution in [3.63, 3.8) is 0 Å². The molecule has 0 unspecified atom stereocenters. The van der Waals surface area contributed by atoms with Gasteiger partial charge in [-0.3, -0.25) is 4.90 Å². The lowest BCUT2D eigenvalue weighted by Crippen LogP contribution is -2.31. The van der Waals surface area contributed by atoms with Crippen molar-refractivity contribution >= 4 is 23.5 Å². The fraction of sp³-hybridized carbons (Fsp3) is 0.370. The van der Waals surface area contributed by atoms with Gasteiger partial charge in [0, 0.05) is 37.6 Å². The van der Waals surface area contributed by atoms with Gasteiger partial charge in [-0.05, 0) is 62.7 Å². The monoisotopic (exact) mass is 491 g/mol. The average Bonchev–Trinajstić information content (AvgIpc) is 2.92. The Labute approximate surface area is 212 Å². The smallest absolute Gasteiger partial charge is 0.420 e. The van der Waals surface area contributed by atoms with Crippen LogP contribution >= 0.6 is 0 Å². The van der Waals surface area contributed by atoms with E-state index in [1.165, 1.54) is 37.3 Å². The summed E-state index contributed by atoms with van der Waals surface area (Å²) >= 11 is 0. The van der Waals surface area contributed by atoms with Gasteiger partial charge >= 0.3 is 6.09 Å². The Bertz CT molecular complexity index is 1140. The summed E-state index contributed by atoms with van der Waals surface area (Å²) in [5.74, 6) is 2.52. The third-order valence-corrected chi connectivity index (χ3v) is 5.93. The quantitative estimate of drug-likeness (QED) is 0.391. The summed E-state index contributed by atoms with van der Waals surface area (Å²) in [6, 6.07) is 16.2. The zero-order valence-corrected chi connectivity index (χ0v) is 20.9. The minimum atomic E-state index is -0.576. The number of aromatic nitrogens is 2. The number of piperidine rings is 1. The number of carbonyl (C=O) groups excluding carboxylic acids is 1. The molecule has 1 aliphatic heterocycles. The Kier molecular flexibility index (Phi) is 8.93. The number of likely N-dealkylation sites (tertiary alicyclic amines) is 1. The van der Waals surface area contributed by atoms with Crippen LogP contribution in [0.1, 0.15) is 25.7 Å². The molecule has 1 amide bonds. The number of methoxy groups -OCH3 is 1. The van der Waals surface area contributed by atoms with Crippen LogP contribution in [-0.4, -0.2) is 61.4 Å². The summed E-state index contributed by atoms with van der Waals surface area (Å²) in [5.41, 5.74) is 0.794. The van der Waals surface area contributed by atoms with Gasteiger partial charge in [0.25, 0.3) is 0 Å². The number of benzene rings is 2. The number of carbonyl (C=O) groups is 1. The average molecular weight is 492 g/mol. The molecule has 36 heavy (non-hydrogen) atoms. The molecule has 0 aliphatic carbocycles. The predicted molar refractivity (Wildman–Crippen MR) is 140 cm³/mol. The first-order chi connectivity index (χ1) is 17.6. The van der Waals surface area contributed by atoms with E-state index in [4.69, 9.17) is 14.2 Å². The van der Waals surface area contributed by atoms with E-state index in [9.17, 15) is 4.79 Å². The minimum absolute atomic E-state index is 0.357. The first kappa shape index (κ1) is 25.2. The molecule has 1 N–H and O–H groups in total. The van der Waals surface area contributed by atoms with E-state index in [2.05, 4.69) is 20.2 Å². The van der Waals surface area contributed by atoms with E-state index in [1.54, 1.807) is 50.7 Å². The first-order valence-corrected chi connectivity index (χ1v) is 12.3. The van der Waals surface area contributed by atoms with Gasteiger partial charge in [-0.15, -0.1) is 0 Å². The zero-order valence-electron chi connectivity index (χ0n) is 20.9. The van der Waals surface area contributed by atoms with Crippen molar-refractivity contribution in [3.05, 3.63) is 60.8 Å². The number of nitrogens with one attached hydrogen (secondary N) is 1. The van der Waals surface area contributed by atoms with Crippen LogP contribution in [0, 0.1) is 0 Å². The number of anilines is 3. The van der Waals surface area contributed by atoms with Crippen LogP contribution in [0.25, 0.3) is 0 Å². The highest BCUT2D eigenvalue weighted by Crippen LogP contribution is 2.23. The summed E-state index contributed by atoms with van der Waals surface area (Å²) in [6.45, 7) is 4.15. The Morgan fingerprint density at radius 3 is 2.64 bits per heavy atom. The van der Waals surface area contributed by atoms with Crippen LogP contribution in [0.5, 0.6) is 17.2 Å². The zero-order chi connectivity index (χ0) is 25.2. The number of hydrogen-bond acceptors (Lipinski definition) is 8. The number of rotatable bonds is 10. The molecule has 1 aromatic heterocycles. The highest BCUT2D eigenvalue weighted by atomic mass is 16.6. The van der Waals surface area contributed by atoms with Gasteiger partial charge in [0.15, 0.2) is 0 Å². The summed E-state index contributed by atoms with van der Waals surface area (Å²) < 4.78 is 16.6. The molecular formula is C27H33N5O4. The molecule has 3 aromatic rings. The predicted octanol–water partition coefficient (Wildman–Crippen LogP) is 5.12. The van der Waals surface area contributed by atoms with Gasteiger partial charge < -0.3 is 24.4 Å². The maximum atomic E-state index is 12.6. The Morgan fingerprint density at radius 2 is 1.81 bits per heavy atom. The summed E-state index contributed by atoms with van der Waals surface area (Å²) in [7, 11) is 3.15. The Balaban J connectivity index is 1.31. The molecule has 0 bridgehead atoms. The summed E-state index contributed by atoms with van der Waals surface area (Å²) in [6.07, 6.45) is 5.96. The molecule has 4 rings (SSSR count). The number of hydrogen-bond donors (Lipinski definition) is 1. The third kappa shape index (κ3) is 7.32. The highest BCUT2D eigenvalue weighted by molar-refractivity contribution is 5.87. The van der Waals surface area contributed by atoms with Crippen molar-refractivity contribution in [1.82, 2.24) is 14.9 Å². The van der Waals surface area contributed by atoms with Crippen molar-refractivity contribution in [3.8, 4) is 17.2 Å². The van der Waals surface area contributed by atoms with Crippen molar-refractivity contribution in [2.45, 2.75) is 25.7 Å². The Hall–Kier alpha value is -3.85. The molecule has 9 heteroatoms. The van der Waals surface area contributed by atoms with Crippen LogP contribution in [0.3, 0.4) is 0 Å². The van der Waals surface area contributed by atoms with Crippen molar-refractivity contribution < 1.29 is 19.0 Å². The van der Waals surface area contributed by atoms with Crippen molar-refractivity contribution in [2.24, 2.45) is 0 Å². The molecule has 1 fully saturated rings. The molecule has 2 aromatic carbocycles. The van der Waals surface area contributed by atoms with E-state index in [0.717, 1.165) is 24.4 Å². The minimum Gasteiger partial charge on any atom is -0.497 e. The van der Waals surface area contributed by atoms with Crippen LogP contribution in [0.2, 0.25) is 0 Å². The number of amides is 1. The molecule has 0 saturated carbocycles. The van der Waals surface area contributed by atoms with E-state index in [1.807, 2.05) is 24.3 Å². The molecule has 9 nitrogen and oxygen atoms in total. The van der Waals surface area contributed by atoms with Gasteiger partial charge in [-0.2, -0.15) is 4.98 Å². The molecule has 1 saturated heterocycles. The van der Waals surface area contributed by atoms with E-state index >= 15 is 0 Å². The van der Waals surface area contributed by atoms with Gasteiger partial charge in [-0.1, -0.05) is 18.6 Å². The number of ether oxygens (including phenoxy) is 3. The first-order valence-electron chi connectivity index (χ1n) is 12.3. The molecule has 190 valence electrons. The SMILES string of the molecule is COc1cccc(OC(=O)N(C)c2ccnc(Nc3cccc(OCCCN4CCCCC4)c3)n2)c1. The lowest BCUT2D eigenvalue weighted by atomic mass is 10.1. The van der Waals surface area contributed by atoms with Crippen molar-refractivity contribution in [2.75, 3.05) is 50.6 Å². The maximum Gasteiger partial charge on any atom is 0.420 e. The molecule has 0 spiro atoms. The maximum absolute atomic E-state index is 12.6. The molecule has 2 heterocycles.